The fraction of sp³-hybridized carbons (Fsp3) is 0.476. The molecule has 2 heterocycles. The van der Waals surface area contributed by atoms with Gasteiger partial charge in [0, 0.05) is 19.6 Å². The summed E-state index contributed by atoms with van der Waals surface area (Å²) in [5, 5.41) is 3.00. The van der Waals surface area contributed by atoms with Gasteiger partial charge < -0.3 is 19.2 Å². The lowest BCUT2D eigenvalue weighted by molar-refractivity contribution is -0.127. The van der Waals surface area contributed by atoms with Crippen LogP contribution in [0.4, 0.5) is 0 Å². The van der Waals surface area contributed by atoms with Crippen molar-refractivity contribution in [1.82, 2.24) is 10.2 Å². The standard InChI is InChI=1S/C21H28N2O4/c1-3-17-6-8-18(9-7-17)27-16(2)21(24)22-15-19(20-5-4-12-26-20)23-10-13-25-14-11-23/h4-9,12,16,19H,3,10-11,13-15H2,1-2H3,(H,22,24). The van der Waals surface area contributed by atoms with E-state index in [1.54, 1.807) is 13.2 Å². The normalized spacial score (nSPS) is 17.3. The molecule has 2 atom stereocenters. The third-order valence-corrected chi connectivity index (χ3v) is 4.84. The van der Waals surface area contributed by atoms with E-state index in [1.807, 2.05) is 36.4 Å². The number of nitrogens with one attached hydrogen (secondary N) is 1. The second-order valence-electron chi connectivity index (χ2n) is 6.68. The summed E-state index contributed by atoms with van der Waals surface area (Å²) in [4.78, 5) is 14.8. The molecule has 1 aromatic heterocycles. The van der Waals surface area contributed by atoms with Gasteiger partial charge in [0.15, 0.2) is 6.10 Å². The molecule has 2 aromatic rings. The highest BCUT2D eigenvalue weighted by Crippen LogP contribution is 2.22. The van der Waals surface area contributed by atoms with Crippen LogP contribution in [0.25, 0.3) is 0 Å². The number of aryl methyl sites for hydroxylation is 1. The van der Waals surface area contributed by atoms with Gasteiger partial charge in [-0.05, 0) is 43.2 Å². The quantitative estimate of drug-likeness (QED) is 0.772. The van der Waals surface area contributed by atoms with E-state index in [2.05, 4.69) is 17.1 Å². The zero-order valence-corrected chi connectivity index (χ0v) is 16.0. The minimum atomic E-state index is -0.570. The number of hydrogen-bond donors (Lipinski definition) is 1. The third-order valence-electron chi connectivity index (χ3n) is 4.84. The third kappa shape index (κ3) is 5.34. The molecule has 1 N–H and O–H groups in total. The monoisotopic (exact) mass is 372 g/mol. The Morgan fingerprint density at radius 3 is 2.59 bits per heavy atom. The summed E-state index contributed by atoms with van der Waals surface area (Å²) in [7, 11) is 0. The van der Waals surface area contributed by atoms with E-state index >= 15 is 0 Å². The van der Waals surface area contributed by atoms with E-state index in [-0.39, 0.29) is 11.9 Å². The molecule has 146 valence electrons. The first kappa shape index (κ1) is 19.5. The molecule has 2 unspecified atom stereocenters. The minimum Gasteiger partial charge on any atom is -0.481 e. The second kappa shape index (κ2) is 9.58. The highest BCUT2D eigenvalue weighted by molar-refractivity contribution is 5.80. The van der Waals surface area contributed by atoms with Crippen LogP contribution in [0.3, 0.4) is 0 Å². The van der Waals surface area contributed by atoms with Crippen molar-refractivity contribution in [3.05, 3.63) is 54.0 Å². The predicted octanol–water partition coefficient (Wildman–Crippen LogP) is 2.80. The molecule has 0 saturated carbocycles. The molecule has 1 fully saturated rings. The fourth-order valence-corrected chi connectivity index (χ4v) is 3.18. The summed E-state index contributed by atoms with van der Waals surface area (Å²) in [6.07, 6.45) is 2.07. The molecular weight excluding hydrogens is 344 g/mol. The smallest absolute Gasteiger partial charge is 0.260 e. The van der Waals surface area contributed by atoms with Crippen LogP contribution < -0.4 is 10.1 Å². The number of carbonyl (C=O) groups is 1. The molecule has 0 aliphatic carbocycles. The van der Waals surface area contributed by atoms with Crippen LogP contribution in [0.1, 0.15) is 31.2 Å². The Kier molecular flexibility index (Phi) is 6.90. The zero-order chi connectivity index (χ0) is 19.1. The van der Waals surface area contributed by atoms with Gasteiger partial charge in [-0.3, -0.25) is 9.69 Å². The lowest BCUT2D eigenvalue weighted by Crippen LogP contribution is -2.45. The molecular formula is C21H28N2O4. The van der Waals surface area contributed by atoms with Crippen LogP contribution in [0.5, 0.6) is 5.75 Å². The molecule has 0 spiro atoms. The van der Waals surface area contributed by atoms with E-state index in [1.165, 1.54) is 5.56 Å². The topological polar surface area (TPSA) is 63.9 Å². The molecule has 1 aromatic carbocycles. The maximum atomic E-state index is 12.5. The zero-order valence-electron chi connectivity index (χ0n) is 16.0. The van der Waals surface area contributed by atoms with Crippen LogP contribution in [0, 0.1) is 0 Å². The van der Waals surface area contributed by atoms with Gasteiger partial charge in [0.2, 0.25) is 0 Å². The molecule has 3 rings (SSSR count). The first-order chi connectivity index (χ1) is 13.2. The van der Waals surface area contributed by atoms with Crippen molar-refractivity contribution in [2.24, 2.45) is 0 Å². The maximum absolute atomic E-state index is 12.5. The van der Waals surface area contributed by atoms with Crippen molar-refractivity contribution >= 4 is 5.91 Å². The number of amides is 1. The summed E-state index contributed by atoms with van der Waals surface area (Å²) in [6, 6.07) is 11.7. The molecule has 0 bridgehead atoms. The molecule has 1 aliphatic rings. The van der Waals surface area contributed by atoms with E-state index in [4.69, 9.17) is 13.9 Å². The molecule has 27 heavy (non-hydrogen) atoms. The number of morpholine rings is 1. The van der Waals surface area contributed by atoms with Crippen molar-refractivity contribution in [3.8, 4) is 5.75 Å². The number of carbonyl (C=O) groups excluding carboxylic acids is 1. The lowest BCUT2D eigenvalue weighted by Gasteiger charge is -2.33. The van der Waals surface area contributed by atoms with E-state index in [0.29, 0.717) is 25.5 Å². The molecule has 1 amide bonds. The molecule has 6 nitrogen and oxygen atoms in total. The van der Waals surface area contributed by atoms with E-state index in [9.17, 15) is 4.79 Å². The Morgan fingerprint density at radius 1 is 1.22 bits per heavy atom. The van der Waals surface area contributed by atoms with Gasteiger partial charge in [0.05, 0.1) is 25.5 Å². The van der Waals surface area contributed by atoms with Gasteiger partial charge >= 0.3 is 0 Å². The minimum absolute atomic E-state index is 0.0103. The van der Waals surface area contributed by atoms with Crippen molar-refractivity contribution in [1.29, 1.82) is 0 Å². The summed E-state index contributed by atoms with van der Waals surface area (Å²) in [6.45, 7) is 7.36. The Bertz CT molecular complexity index is 693. The number of furan rings is 1. The summed E-state index contributed by atoms with van der Waals surface area (Å²) >= 11 is 0. The first-order valence-corrected chi connectivity index (χ1v) is 9.56. The second-order valence-corrected chi connectivity index (χ2v) is 6.68. The summed E-state index contributed by atoms with van der Waals surface area (Å²) in [5.41, 5.74) is 1.24. The van der Waals surface area contributed by atoms with Crippen molar-refractivity contribution in [3.63, 3.8) is 0 Å². The highest BCUT2D eigenvalue weighted by Gasteiger charge is 2.26. The van der Waals surface area contributed by atoms with Crippen LogP contribution in [-0.4, -0.2) is 49.8 Å². The van der Waals surface area contributed by atoms with E-state index in [0.717, 1.165) is 25.3 Å². The number of hydrogen-bond acceptors (Lipinski definition) is 5. The number of rotatable bonds is 8. The predicted molar refractivity (Wildman–Crippen MR) is 103 cm³/mol. The number of nitrogens with zero attached hydrogens (tertiary/aromatic N) is 1. The largest absolute Gasteiger partial charge is 0.481 e. The van der Waals surface area contributed by atoms with Crippen molar-refractivity contribution < 1.29 is 18.7 Å². The molecule has 1 aliphatic heterocycles. The Morgan fingerprint density at radius 2 is 1.96 bits per heavy atom. The van der Waals surface area contributed by atoms with Gasteiger partial charge in [-0.25, -0.2) is 0 Å². The molecule has 6 heteroatoms. The Hall–Kier alpha value is -2.31. The van der Waals surface area contributed by atoms with Crippen LogP contribution in [-0.2, 0) is 16.0 Å². The van der Waals surface area contributed by atoms with Crippen LogP contribution in [0.15, 0.2) is 47.1 Å². The van der Waals surface area contributed by atoms with Crippen LogP contribution >= 0.6 is 0 Å². The lowest BCUT2D eigenvalue weighted by atomic mass is 10.1. The fourth-order valence-electron chi connectivity index (χ4n) is 3.18. The van der Waals surface area contributed by atoms with Gasteiger partial charge in [0.1, 0.15) is 11.5 Å². The number of ether oxygens (including phenoxy) is 2. The SMILES string of the molecule is CCc1ccc(OC(C)C(=O)NCC(c2ccco2)N2CCOCC2)cc1. The van der Waals surface area contributed by atoms with Crippen molar-refractivity contribution in [2.75, 3.05) is 32.8 Å². The maximum Gasteiger partial charge on any atom is 0.260 e. The average Bonchev–Trinajstić information content (AvgIpc) is 3.24. The summed E-state index contributed by atoms with van der Waals surface area (Å²) in [5.74, 6) is 1.41. The Balaban J connectivity index is 1.56. The highest BCUT2D eigenvalue weighted by atomic mass is 16.5. The first-order valence-electron chi connectivity index (χ1n) is 9.56. The Labute approximate surface area is 160 Å². The van der Waals surface area contributed by atoms with Gasteiger partial charge in [-0.1, -0.05) is 19.1 Å². The molecule has 1 saturated heterocycles. The van der Waals surface area contributed by atoms with Gasteiger partial charge in [-0.2, -0.15) is 0 Å². The van der Waals surface area contributed by atoms with Gasteiger partial charge in [-0.15, -0.1) is 0 Å². The number of benzene rings is 1. The molecule has 0 radical (unpaired) electrons. The van der Waals surface area contributed by atoms with Gasteiger partial charge in [0.25, 0.3) is 5.91 Å². The van der Waals surface area contributed by atoms with Crippen molar-refractivity contribution in [2.45, 2.75) is 32.4 Å². The average molecular weight is 372 g/mol. The van der Waals surface area contributed by atoms with E-state index < -0.39 is 6.10 Å². The van der Waals surface area contributed by atoms with Crippen LogP contribution in [0.2, 0.25) is 0 Å². The summed E-state index contributed by atoms with van der Waals surface area (Å²) < 4.78 is 16.8.